The third-order valence-electron chi connectivity index (χ3n) is 2.82. The SMILES string of the molecule is Cc1cc(Oc2ccc(CBr)cc2F)c(F)cc1[N+](=O)[O-]. The van der Waals surface area contributed by atoms with Gasteiger partial charge in [0.25, 0.3) is 5.69 Å². The Morgan fingerprint density at radius 1 is 1.19 bits per heavy atom. The highest BCUT2D eigenvalue weighted by atomic mass is 79.9. The molecular weight excluding hydrogens is 348 g/mol. The molecule has 0 N–H and O–H groups in total. The van der Waals surface area contributed by atoms with Gasteiger partial charge in [-0.05, 0) is 30.7 Å². The Balaban J connectivity index is 2.36. The van der Waals surface area contributed by atoms with Gasteiger partial charge in [0.05, 0.1) is 11.0 Å². The lowest BCUT2D eigenvalue weighted by molar-refractivity contribution is -0.385. The van der Waals surface area contributed by atoms with E-state index in [9.17, 15) is 18.9 Å². The van der Waals surface area contributed by atoms with Crippen LogP contribution in [0.5, 0.6) is 11.5 Å². The minimum Gasteiger partial charge on any atom is -0.451 e. The van der Waals surface area contributed by atoms with Crippen molar-refractivity contribution in [3.8, 4) is 11.5 Å². The standard InChI is InChI=1S/C14H10BrF2NO3/c1-8-4-14(11(17)6-12(8)18(19)20)21-13-3-2-9(7-15)5-10(13)16/h2-6H,7H2,1H3. The fourth-order valence-corrected chi connectivity index (χ4v) is 2.10. The van der Waals surface area contributed by atoms with E-state index in [4.69, 9.17) is 4.74 Å². The first-order valence-corrected chi connectivity index (χ1v) is 7.01. The van der Waals surface area contributed by atoms with Crippen molar-refractivity contribution in [2.45, 2.75) is 12.3 Å². The number of benzene rings is 2. The van der Waals surface area contributed by atoms with E-state index in [1.54, 1.807) is 6.07 Å². The van der Waals surface area contributed by atoms with E-state index in [0.717, 1.165) is 6.07 Å². The summed E-state index contributed by atoms with van der Waals surface area (Å²) in [6.45, 7) is 1.45. The summed E-state index contributed by atoms with van der Waals surface area (Å²) >= 11 is 3.19. The van der Waals surface area contributed by atoms with Gasteiger partial charge in [-0.25, -0.2) is 8.78 Å². The third-order valence-corrected chi connectivity index (χ3v) is 3.47. The van der Waals surface area contributed by atoms with Crippen molar-refractivity contribution < 1.29 is 18.4 Å². The zero-order valence-corrected chi connectivity index (χ0v) is 12.5. The topological polar surface area (TPSA) is 52.4 Å². The van der Waals surface area contributed by atoms with Gasteiger partial charge >= 0.3 is 0 Å². The van der Waals surface area contributed by atoms with Crippen molar-refractivity contribution in [1.82, 2.24) is 0 Å². The van der Waals surface area contributed by atoms with Crippen LogP contribution in [-0.4, -0.2) is 4.92 Å². The second kappa shape index (κ2) is 6.17. The Labute approximate surface area is 127 Å². The zero-order valence-electron chi connectivity index (χ0n) is 10.9. The van der Waals surface area contributed by atoms with Crippen LogP contribution in [0.15, 0.2) is 30.3 Å². The van der Waals surface area contributed by atoms with Crippen molar-refractivity contribution in [3.05, 3.63) is 63.2 Å². The summed E-state index contributed by atoms with van der Waals surface area (Å²) in [5, 5.41) is 11.2. The van der Waals surface area contributed by atoms with Crippen LogP contribution in [0.25, 0.3) is 0 Å². The van der Waals surface area contributed by atoms with E-state index in [-0.39, 0.29) is 22.7 Å². The predicted molar refractivity (Wildman–Crippen MR) is 76.9 cm³/mol. The van der Waals surface area contributed by atoms with Gasteiger partial charge in [0.15, 0.2) is 23.1 Å². The van der Waals surface area contributed by atoms with E-state index in [0.29, 0.717) is 10.9 Å². The molecule has 0 aromatic heterocycles. The van der Waals surface area contributed by atoms with E-state index in [2.05, 4.69) is 15.9 Å². The number of hydrogen-bond donors (Lipinski definition) is 0. The number of halogens is 3. The maximum Gasteiger partial charge on any atom is 0.275 e. The number of nitrogens with zero attached hydrogens (tertiary/aromatic N) is 1. The molecule has 0 aliphatic rings. The minimum absolute atomic E-state index is 0.146. The maximum atomic E-state index is 13.8. The molecule has 0 fully saturated rings. The molecule has 2 aromatic carbocycles. The van der Waals surface area contributed by atoms with Crippen LogP contribution in [0.2, 0.25) is 0 Å². The molecule has 21 heavy (non-hydrogen) atoms. The Kier molecular flexibility index (Phi) is 4.52. The molecule has 110 valence electrons. The molecule has 0 atom stereocenters. The molecule has 0 spiro atoms. The number of alkyl halides is 1. The lowest BCUT2D eigenvalue weighted by atomic mass is 10.2. The molecule has 0 saturated carbocycles. The monoisotopic (exact) mass is 357 g/mol. The number of ether oxygens (including phenoxy) is 1. The second-order valence-electron chi connectivity index (χ2n) is 4.33. The van der Waals surface area contributed by atoms with Crippen LogP contribution in [0, 0.1) is 28.7 Å². The summed E-state index contributed by atoms with van der Waals surface area (Å²) in [6, 6.07) is 6.20. The average Bonchev–Trinajstić information content (AvgIpc) is 2.44. The van der Waals surface area contributed by atoms with E-state index < -0.39 is 16.6 Å². The molecule has 7 heteroatoms. The Hall–Kier alpha value is -2.02. The first-order valence-electron chi connectivity index (χ1n) is 5.89. The first-order chi connectivity index (χ1) is 9.92. The molecule has 2 aromatic rings. The molecule has 0 aliphatic carbocycles. The zero-order chi connectivity index (χ0) is 15.6. The highest BCUT2D eigenvalue weighted by molar-refractivity contribution is 9.08. The molecule has 0 aliphatic heterocycles. The largest absolute Gasteiger partial charge is 0.451 e. The van der Waals surface area contributed by atoms with Crippen LogP contribution in [0.4, 0.5) is 14.5 Å². The number of rotatable bonds is 4. The van der Waals surface area contributed by atoms with Gasteiger partial charge in [-0.15, -0.1) is 0 Å². The van der Waals surface area contributed by atoms with Crippen LogP contribution < -0.4 is 4.74 Å². The molecular formula is C14H10BrF2NO3. The Morgan fingerprint density at radius 2 is 1.86 bits per heavy atom. The molecule has 0 amide bonds. The second-order valence-corrected chi connectivity index (χ2v) is 4.89. The number of hydrogen-bond acceptors (Lipinski definition) is 3. The van der Waals surface area contributed by atoms with E-state index in [1.165, 1.54) is 25.1 Å². The fourth-order valence-electron chi connectivity index (χ4n) is 1.75. The van der Waals surface area contributed by atoms with Crippen molar-refractivity contribution in [1.29, 1.82) is 0 Å². The van der Waals surface area contributed by atoms with Crippen LogP contribution >= 0.6 is 15.9 Å². The predicted octanol–water partition coefficient (Wildman–Crippen LogP) is 4.87. The molecule has 0 heterocycles. The lowest BCUT2D eigenvalue weighted by Crippen LogP contribution is -1.97. The summed E-state index contributed by atoms with van der Waals surface area (Å²) in [7, 11) is 0. The van der Waals surface area contributed by atoms with Gasteiger partial charge < -0.3 is 4.74 Å². The lowest BCUT2D eigenvalue weighted by Gasteiger charge is -2.09. The summed E-state index contributed by atoms with van der Waals surface area (Å²) in [5.74, 6) is -1.96. The molecule has 0 saturated heterocycles. The number of nitro benzene ring substituents is 1. The summed E-state index contributed by atoms with van der Waals surface area (Å²) < 4.78 is 32.7. The van der Waals surface area contributed by atoms with Crippen LogP contribution in [-0.2, 0) is 5.33 Å². The molecule has 0 radical (unpaired) electrons. The highest BCUT2D eigenvalue weighted by Gasteiger charge is 2.17. The van der Waals surface area contributed by atoms with Gasteiger partial charge in [-0.1, -0.05) is 22.0 Å². The molecule has 0 unspecified atom stereocenters. The van der Waals surface area contributed by atoms with E-state index in [1.807, 2.05) is 0 Å². The summed E-state index contributed by atoms with van der Waals surface area (Å²) in [5.41, 5.74) is 0.587. The van der Waals surface area contributed by atoms with Crippen molar-refractivity contribution >= 4 is 21.6 Å². The quantitative estimate of drug-likeness (QED) is 0.445. The van der Waals surface area contributed by atoms with Crippen LogP contribution in [0.1, 0.15) is 11.1 Å². The Bertz CT molecular complexity index is 707. The Morgan fingerprint density at radius 3 is 2.43 bits per heavy atom. The van der Waals surface area contributed by atoms with Crippen molar-refractivity contribution in [3.63, 3.8) is 0 Å². The fraction of sp³-hybridized carbons (Fsp3) is 0.143. The normalized spacial score (nSPS) is 10.5. The van der Waals surface area contributed by atoms with Crippen LogP contribution in [0.3, 0.4) is 0 Å². The number of aryl methyl sites for hydroxylation is 1. The molecule has 2 rings (SSSR count). The number of nitro groups is 1. The van der Waals surface area contributed by atoms with Crippen molar-refractivity contribution in [2.75, 3.05) is 0 Å². The van der Waals surface area contributed by atoms with E-state index >= 15 is 0 Å². The van der Waals surface area contributed by atoms with Gasteiger partial charge in [-0.2, -0.15) is 0 Å². The van der Waals surface area contributed by atoms with Crippen molar-refractivity contribution in [2.24, 2.45) is 0 Å². The average molecular weight is 358 g/mol. The molecule has 4 nitrogen and oxygen atoms in total. The van der Waals surface area contributed by atoms with Gasteiger partial charge in [-0.3, -0.25) is 10.1 Å². The summed E-state index contributed by atoms with van der Waals surface area (Å²) in [4.78, 5) is 10.0. The first kappa shape index (κ1) is 15.4. The van der Waals surface area contributed by atoms with Gasteiger partial charge in [0.1, 0.15) is 0 Å². The van der Waals surface area contributed by atoms with Gasteiger partial charge in [0, 0.05) is 10.9 Å². The minimum atomic E-state index is -0.920. The van der Waals surface area contributed by atoms with Gasteiger partial charge in [0.2, 0.25) is 0 Å². The highest BCUT2D eigenvalue weighted by Crippen LogP contribution is 2.32. The third kappa shape index (κ3) is 3.36. The molecule has 0 bridgehead atoms. The summed E-state index contributed by atoms with van der Waals surface area (Å²) in [6.07, 6.45) is 0. The maximum absolute atomic E-state index is 13.8. The smallest absolute Gasteiger partial charge is 0.275 e.